The SMILES string of the molecule is Cc1ncc(C(F)F)c(CC#N)c1O. The quantitative estimate of drug-likeness (QED) is 0.791. The highest BCUT2D eigenvalue weighted by Crippen LogP contribution is 2.30. The van der Waals surface area contributed by atoms with Crippen LogP contribution in [0.2, 0.25) is 0 Å². The van der Waals surface area contributed by atoms with Crippen LogP contribution in [-0.4, -0.2) is 10.1 Å². The molecular weight excluding hydrogens is 190 g/mol. The predicted octanol–water partition coefficient (Wildman–Crippen LogP) is 2.10. The summed E-state index contributed by atoms with van der Waals surface area (Å²) in [5, 5.41) is 17.8. The van der Waals surface area contributed by atoms with Gasteiger partial charge in [-0.3, -0.25) is 4.98 Å². The molecule has 1 N–H and O–H groups in total. The van der Waals surface area contributed by atoms with Crippen molar-refractivity contribution in [3.63, 3.8) is 0 Å². The Morgan fingerprint density at radius 2 is 2.29 bits per heavy atom. The summed E-state index contributed by atoms with van der Waals surface area (Å²) < 4.78 is 24.8. The van der Waals surface area contributed by atoms with Crippen LogP contribution in [0.5, 0.6) is 5.75 Å². The molecule has 1 rings (SSSR count). The number of aromatic nitrogens is 1. The van der Waals surface area contributed by atoms with Gasteiger partial charge in [0.15, 0.2) is 0 Å². The van der Waals surface area contributed by atoms with Crippen molar-refractivity contribution in [3.05, 3.63) is 23.0 Å². The summed E-state index contributed by atoms with van der Waals surface area (Å²) >= 11 is 0. The first kappa shape index (κ1) is 10.4. The van der Waals surface area contributed by atoms with E-state index in [1.807, 2.05) is 0 Å². The van der Waals surface area contributed by atoms with Gasteiger partial charge in [-0.1, -0.05) is 0 Å². The number of halogens is 2. The summed E-state index contributed by atoms with van der Waals surface area (Å²) in [4.78, 5) is 3.60. The molecule has 0 spiro atoms. The second-order valence-corrected chi connectivity index (χ2v) is 2.76. The lowest BCUT2D eigenvalue weighted by molar-refractivity contribution is 0.149. The van der Waals surface area contributed by atoms with E-state index in [1.165, 1.54) is 6.92 Å². The largest absolute Gasteiger partial charge is 0.506 e. The standard InChI is InChI=1S/C9H8F2N2O/c1-5-8(14)6(2-3-12)7(4-13-5)9(10)11/h4,9,14H,2H2,1H3. The van der Waals surface area contributed by atoms with Gasteiger partial charge >= 0.3 is 0 Å². The maximum Gasteiger partial charge on any atom is 0.265 e. The molecule has 0 aliphatic heterocycles. The molecule has 0 saturated carbocycles. The van der Waals surface area contributed by atoms with E-state index in [0.717, 1.165) is 6.20 Å². The van der Waals surface area contributed by atoms with Gasteiger partial charge in [0.25, 0.3) is 6.43 Å². The van der Waals surface area contributed by atoms with Crippen molar-refractivity contribution in [2.45, 2.75) is 19.8 Å². The van der Waals surface area contributed by atoms with Crippen LogP contribution in [0.1, 0.15) is 23.2 Å². The van der Waals surface area contributed by atoms with Crippen molar-refractivity contribution in [1.29, 1.82) is 5.26 Å². The summed E-state index contributed by atoms with van der Waals surface area (Å²) in [6.45, 7) is 1.49. The van der Waals surface area contributed by atoms with Gasteiger partial charge in [-0.05, 0) is 6.92 Å². The average molecular weight is 198 g/mol. The summed E-state index contributed by atoms with van der Waals surface area (Å²) in [6.07, 6.45) is -1.97. The number of aryl methyl sites for hydroxylation is 1. The van der Waals surface area contributed by atoms with E-state index < -0.39 is 6.43 Å². The maximum absolute atomic E-state index is 12.4. The molecule has 0 fully saturated rings. The third kappa shape index (κ3) is 1.79. The van der Waals surface area contributed by atoms with E-state index in [1.54, 1.807) is 6.07 Å². The summed E-state index contributed by atoms with van der Waals surface area (Å²) in [5.74, 6) is -0.315. The van der Waals surface area contributed by atoms with Crippen molar-refractivity contribution in [2.24, 2.45) is 0 Å². The smallest absolute Gasteiger partial charge is 0.265 e. The third-order valence-electron chi connectivity index (χ3n) is 1.87. The zero-order valence-electron chi connectivity index (χ0n) is 7.46. The van der Waals surface area contributed by atoms with Gasteiger partial charge in [-0.15, -0.1) is 0 Å². The van der Waals surface area contributed by atoms with Gasteiger partial charge in [0.2, 0.25) is 0 Å². The number of alkyl halides is 2. The Bertz CT molecular complexity index is 385. The first-order chi connectivity index (χ1) is 6.57. The van der Waals surface area contributed by atoms with Crippen molar-refractivity contribution in [3.8, 4) is 11.8 Å². The van der Waals surface area contributed by atoms with E-state index in [0.29, 0.717) is 0 Å². The van der Waals surface area contributed by atoms with Crippen LogP contribution < -0.4 is 0 Å². The fourth-order valence-corrected chi connectivity index (χ4v) is 1.11. The number of hydrogen-bond donors (Lipinski definition) is 1. The van der Waals surface area contributed by atoms with Crippen molar-refractivity contribution < 1.29 is 13.9 Å². The van der Waals surface area contributed by atoms with Crippen LogP contribution in [0.25, 0.3) is 0 Å². The number of hydrogen-bond acceptors (Lipinski definition) is 3. The van der Waals surface area contributed by atoms with Crippen LogP contribution in [0.3, 0.4) is 0 Å². The van der Waals surface area contributed by atoms with Crippen molar-refractivity contribution >= 4 is 0 Å². The zero-order valence-corrected chi connectivity index (χ0v) is 7.46. The van der Waals surface area contributed by atoms with Gasteiger partial charge in [-0.25, -0.2) is 8.78 Å². The Labute approximate surface area is 79.6 Å². The maximum atomic E-state index is 12.4. The number of rotatable bonds is 2. The topological polar surface area (TPSA) is 56.9 Å². The minimum absolute atomic E-state index is 0.0324. The lowest BCUT2D eigenvalue weighted by Crippen LogP contribution is -1.98. The van der Waals surface area contributed by atoms with Crippen LogP contribution in [0.4, 0.5) is 8.78 Å². The molecule has 1 aromatic heterocycles. The van der Waals surface area contributed by atoms with E-state index in [9.17, 15) is 13.9 Å². The molecule has 0 aliphatic carbocycles. The predicted molar refractivity (Wildman–Crippen MR) is 44.9 cm³/mol. The minimum Gasteiger partial charge on any atom is -0.506 e. The average Bonchev–Trinajstić information content (AvgIpc) is 2.13. The van der Waals surface area contributed by atoms with Gasteiger partial charge in [0.1, 0.15) is 5.75 Å². The Hall–Kier alpha value is -1.70. The molecule has 1 heterocycles. The molecule has 0 aliphatic rings. The van der Waals surface area contributed by atoms with Crippen LogP contribution >= 0.6 is 0 Å². The van der Waals surface area contributed by atoms with Crippen LogP contribution in [0, 0.1) is 18.3 Å². The molecule has 1 aromatic rings. The number of pyridine rings is 1. The second-order valence-electron chi connectivity index (χ2n) is 2.76. The molecule has 3 nitrogen and oxygen atoms in total. The van der Waals surface area contributed by atoms with E-state index >= 15 is 0 Å². The van der Waals surface area contributed by atoms with Crippen LogP contribution in [0.15, 0.2) is 6.20 Å². The van der Waals surface area contributed by atoms with Gasteiger partial charge in [-0.2, -0.15) is 5.26 Å². The minimum atomic E-state index is -2.72. The van der Waals surface area contributed by atoms with E-state index in [4.69, 9.17) is 5.26 Å². The van der Waals surface area contributed by atoms with Crippen molar-refractivity contribution in [1.82, 2.24) is 4.98 Å². The van der Waals surface area contributed by atoms with Gasteiger partial charge < -0.3 is 5.11 Å². The van der Waals surface area contributed by atoms with Gasteiger partial charge in [0, 0.05) is 17.3 Å². The summed E-state index contributed by atoms with van der Waals surface area (Å²) in [5.41, 5.74) is -0.163. The molecule has 0 saturated heterocycles. The molecule has 0 aromatic carbocycles. The fraction of sp³-hybridized carbons (Fsp3) is 0.333. The monoisotopic (exact) mass is 198 g/mol. The van der Waals surface area contributed by atoms with E-state index in [-0.39, 0.29) is 29.0 Å². The zero-order chi connectivity index (χ0) is 10.7. The summed E-state index contributed by atoms with van der Waals surface area (Å²) in [7, 11) is 0. The highest BCUT2D eigenvalue weighted by Gasteiger charge is 2.18. The third-order valence-corrected chi connectivity index (χ3v) is 1.87. The molecule has 0 radical (unpaired) electrons. The molecule has 14 heavy (non-hydrogen) atoms. The first-order valence-electron chi connectivity index (χ1n) is 3.90. The molecule has 0 bridgehead atoms. The molecule has 0 unspecified atom stereocenters. The molecule has 0 amide bonds. The Balaban J connectivity index is 3.31. The second kappa shape index (κ2) is 4.01. The highest BCUT2D eigenvalue weighted by atomic mass is 19.3. The van der Waals surface area contributed by atoms with Crippen molar-refractivity contribution in [2.75, 3.05) is 0 Å². The highest BCUT2D eigenvalue weighted by molar-refractivity contribution is 5.42. The number of nitrogens with zero attached hydrogens (tertiary/aromatic N) is 2. The molecule has 5 heteroatoms. The molecular formula is C9H8F2N2O. The lowest BCUT2D eigenvalue weighted by atomic mass is 10.1. The van der Waals surface area contributed by atoms with Gasteiger partial charge in [0.05, 0.1) is 18.2 Å². The summed E-state index contributed by atoms with van der Waals surface area (Å²) in [6, 6.07) is 1.73. The fourth-order valence-electron chi connectivity index (χ4n) is 1.11. The van der Waals surface area contributed by atoms with Crippen LogP contribution in [-0.2, 0) is 6.42 Å². The Morgan fingerprint density at radius 1 is 1.64 bits per heavy atom. The first-order valence-corrected chi connectivity index (χ1v) is 3.90. The number of aromatic hydroxyl groups is 1. The Morgan fingerprint density at radius 3 is 2.79 bits per heavy atom. The normalized spacial score (nSPS) is 10.2. The lowest BCUT2D eigenvalue weighted by Gasteiger charge is -2.08. The van der Waals surface area contributed by atoms with E-state index in [2.05, 4.69) is 4.98 Å². The molecule has 0 atom stereocenters. The number of nitriles is 1. The molecule has 74 valence electrons. The Kier molecular flexibility index (Phi) is 2.97.